The van der Waals surface area contributed by atoms with E-state index in [1.165, 1.54) is 15.3 Å². The van der Waals surface area contributed by atoms with Crippen LogP contribution in [-0.4, -0.2) is 32.7 Å². The van der Waals surface area contributed by atoms with E-state index < -0.39 is 11.1 Å². The van der Waals surface area contributed by atoms with Crippen LogP contribution in [0.15, 0.2) is 21.7 Å². The number of hydrogen-bond donors (Lipinski definition) is 3. The number of nitrogens with one attached hydrogen (secondary N) is 2. The number of fused-ring (bicyclic) bond motifs is 1. The maximum atomic E-state index is 13.0. The van der Waals surface area contributed by atoms with Gasteiger partial charge in [0.05, 0.1) is 6.04 Å². The average Bonchev–Trinajstić information content (AvgIpc) is 3.31. The quantitative estimate of drug-likeness (QED) is 0.439. The first-order valence-corrected chi connectivity index (χ1v) is 8.83. The minimum atomic E-state index is -0.600. The molecule has 2 heterocycles. The molecule has 3 rings (SSSR count). The Morgan fingerprint density at radius 1 is 1.35 bits per heavy atom. The van der Waals surface area contributed by atoms with Gasteiger partial charge in [0.15, 0.2) is 5.22 Å². The molecule has 1 aliphatic heterocycles. The first-order chi connectivity index (χ1) is 12.3. The van der Waals surface area contributed by atoms with Crippen molar-refractivity contribution in [2.75, 3.05) is 5.43 Å². The fourth-order valence-electron chi connectivity index (χ4n) is 3.10. The smallest absolute Gasteiger partial charge is 0.289 e. The number of rotatable bonds is 6. The Morgan fingerprint density at radius 2 is 2.04 bits per heavy atom. The Balaban J connectivity index is 2.40. The van der Waals surface area contributed by atoms with Crippen molar-refractivity contribution in [2.24, 2.45) is 5.92 Å². The first-order valence-electron chi connectivity index (χ1n) is 8.83. The van der Waals surface area contributed by atoms with E-state index in [4.69, 9.17) is 0 Å². The predicted octanol–water partition coefficient (Wildman–Crippen LogP) is -1.11. The zero-order chi connectivity index (χ0) is 19.0. The van der Waals surface area contributed by atoms with Crippen LogP contribution >= 0.6 is 0 Å². The summed E-state index contributed by atoms with van der Waals surface area (Å²) in [5, 5.41) is 12.9. The van der Waals surface area contributed by atoms with Gasteiger partial charge < -0.3 is 15.8 Å². The molecule has 0 bridgehead atoms. The summed E-state index contributed by atoms with van der Waals surface area (Å²) in [4.78, 5) is 36.7. The van der Waals surface area contributed by atoms with Gasteiger partial charge in [-0.15, -0.1) is 0 Å². The van der Waals surface area contributed by atoms with E-state index >= 15 is 0 Å². The fourth-order valence-corrected chi connectivity index (χ4v) is 3.10. The van der Waals surface area contributed by atoms with Crippen LogP contribution in [0.1, 0.15) is 33.6 Å². The molecule has 1 unspecified atom stereocenters. The summed E-state index contributed by atoms with van der Waals surface area (Å²) < 4.78 is 2.78. The molecule has 1 aliphatic carbocycles. The van der Waals surface area contributed by atoms with Crippen molar-refractivity contribution in [3.8, 4) is 0 Å². The molecule has 0 amide bonds. The lowest BCUT2D eigenvalue weighted by Crippen LogP contribution is -2.60. The number of aromatic nitrogens is 2. The van der Waals surface area contributed by atoms with Crippen molar-refractivity contribution in [1.82, 2.24) is 14.6 Å². The van der Waals surface area contributed by atoms with Crippen molar-refractivity contribution in [3.63, 3.8) is 0 Å². The van der Waals surface area contributed by atoms with Gasteiger partial charge in [-0.2, -0.15) is 0 Å². The lowest BCUT2D eigenvalue weighted by Gasteiger charge is -2.13. The summed E-state index contributed by atoms with van der Waals surface area (Å²) in [5.41, 5.74) is 2.98. The van der Waals surface area contributed by atoms with E-state index in [1.54, 1.807) is 6.08 Å². The van der Waals surface area contributed by atoms with Crippen LogP contribution in [0, 0.1) is 5.92 Å². The number of nitrogens with zero attached hydrogens (tertiary/aromatic N) is 2. The predicted molar refractivity (Wildman–Crippen MR) is 98.7 cm³/mol. The lowest BCUT2D eigenvalue weighted by atomic mass is 10.1. The highest BCUT2D eigenvalue weighted by atomic mass is 16.3. The van der Waals surface area contributed by atoms with E-state index in [0.29, 0.717) is 23.9 Å². The third kappa shape index (κ3) is 3.18. The molecular formula is C18H24N4O4. The normalized spacial score (nSPS) is 20.3. The molecule has 1 saturated carbocycles. The monoisotopic (exact) mass is 360 g/mol. The van der Waals surface area contributed by atoms with Crippen LogP contribution in [0.3, 0.4) is 0 Å². The van der Waals surface area contributed by atoms with Gasteiger partial charge in [0, 0.05) is 18.2 Å². The largest absolute Gasteiger partial charge is 0.494 e. The maximum Gasteiger partial charge on any atom is 0.289 e. The van der Waals surface area contributed by atoms with Crippen molar-refractivity contribution in [3.05, 3.63) is 43.6 Å². The highest BCUT2D eigenvalue weighted by molar-refractivity contribution is 5.73. The summed E-state index contributed by atoms with van der Waals surface area (Å²) in [6, 6.07) is -0.152. The number of aldehydes is 1. The van der Waals surface area contributed by atoms with Crippen molar-refractivity contribution in [2.45, 2.75) is 52.2 Å². The number of hydrogen-bond acceptors (Lipinski definition) is 6. The van der Waals surface area contributed by atoms with Crippen LogP contribution in [0.5, 0.6) is 0 Å². The highest BCUT2D eigenvalue weighted by Gasteiger charge is 2.26. The summed E-state index contributed by atoms with van der Waals surface area (Å²) >= 11 is 0. The third-order valence-electron chi connectivity index (χ3n) is 4.45. The Labute approximate surface area is 150 Å². The molecule has 26 heavy (non-hydrogen) atoms. The van der Waals surface area contributed by atoms with Gasteiger partial charge in [0.25, 0.3) is 11.1 Å². The number of allylic oxidation sites excluding steroid dienone is 1. The van der Waals surface area contributed by atoms with Gasteiger partial charge in [-0.05, 0) is 37.8 Å². The molecule has 0 spiro atoms. The molecule has 2 aliphatic rings. The molecule has 3 N–H and O–H groups in total. The zero-order valence-electron chi connectivity index (χ0n) is 15.2. The van der Waals surface area contributed by atoms with E-state index in [9.17, 15) is 19.5 Å². The van der Waals surface area contributed by atoms with Gasteiger partial charge in [0.2, 0.25) is 5.88 Å². The number of carbonyl (C=O) groups is 1. The van der Waals surface area contributed by atoms with E-state index in [1.807, 2.05) is 20.8 Å². The second-order valence-electron chi connectivity index (χ2n) is 7.22. The number of aliphatic hydroxyl groups excluding tert-OH is 1. The Kier molecular flexibility index (Phi) is 4.76. The molecule has 1 aromatic heterocycles. The molecule has 0 saturated heterocycles. The van der Waals surface area contributed by atoms with Gasteiger partial charge in [-0.25, -0.2) is 4.68 Å². The first kappa shape index (κ1) is 18.0. The SMILES string of the molecule is CC(C)Cn1c(=O)c(=C(O)NC2CC2)c(=O)n2c1=C(/C=C/C=O)C(C)N2. The molecule has 1 aromatic rings. The van der Waals surface area contributed by atoms with Crippen molar-refractivity contribution in [1.29, 1.82) is 0 Å². The summed E-state index contributed by atoms with van der Waals surface area (Å²) in [5.74, 6) is -0.227. The zero-order valence-corrected chi connectivity index (χ0v) is 15.2. The molecule has 0 radical (unpaired) electrons. The van der Waals surface area contributed by atoms with Crippen LogP contribution in [0.25, 0.3) is 11.5 Å². The summed E-state index contributed by atoms with van der Waals surface area (Å²) in [7, 11) is 0. The van der Waals surface area contributed by atoms with Crippen molar-refractivity contribution >= 4 is 17.7 Å². The van der Waals surface area contributed by atoms with Crippen molar-refractivity contribution < 1.29 is 9.90 Å². The van der Waals surface area contributed by atoms with E-state index in [-0.39, 0.29) is 29.1 Å². The van der Waals surface area contributed by atoms with Gasteiger partial charge >= 0.3 is 0 Å². The van der Waals surface area contributed by atoms with Crippen LogP contribution < -0.4 is 32.6 Å². The third-order valence-corrected chi connectivity index (χ3v) is 4.45. The lowest BCUT2D eigenvalue weighted by molar-refractivity contribution is -0.104. The molecule has 8 nitrogen and oxygen atoms in total. The Bertz CT molecular complexity index is 996. The maximum absolute atomic E-state index is 13.0. The van der Waals surface area contributed by atoms with Gasteiger partial charge in [-0.3, -0.25) is 19.0 Å². The van der Waals surface area contributed by atoms with E-state index in [2.05, 4.69) is 10.7 Å². The number of aliphatic hydroxyl groups is 1. The standard InChI is InChI=1S/C18H24N4O4/c1-10(2)9-21-16-13(5-4-8-23)11(3)20-22(16)18(26)14(17(21)25)15(24)19-12-6-7-12/h4-5,8,10-12,19-20,24H,6-7,9H2,1-3H3/b5-4+,15-14?. The fraction of sp³-hybridized carbons (Fsp3) is 0.500. The minimum absolute atomic E-state index is 0.107. The molecule has 1 fully saturated rings. The molecule has 0 aromatic carbocycles. The molecular weight excluding hydrogens is 336 g/mol. The van der Waals surface area contributed by atoms with Gasteiger partial charge in [0.1, 0.15) is 11.8 Å². The number of carbonyl (C=O) groups excluding carboxylic acids is 1. The second-order valence-corrected chi connectivity index (χ2v) is 7.22. The average molecular weight is 360 g/mol. The minimum Gasteiger partial charge on any atom is -0.494 e. The van der Waals surface area contributed by atoms with Crippen LogP contribution in [0.4, 0.5) is 0 Å². The summed E-state index contributed by atoms with van der Waals surface area (Å²) in [6.07, 6.45) is 5.40. The molecule has 140 valence electrons. The second kappa shape index (κ2) is 6.86. The molecule has 8 heteroatoms. The summed E-state index contributed by atoms with van der Waals surface area (Å²) in [6.45, 7) is 6.15. The van der Waals surface area contributed by atoms with Gasteiger partial charge in [-0.1, -0.05) is 13.8 Å². The van der Waals surface area contributed by atoms with Crippen LogP contribution in [0.2, 0.25) is 0 Å². The topological polar surface area (TPSA) is 105 Å². The highest BCUT2D eigenvalue weighted by Crippen LogP contribution is 2.19. The van der Waals surface area contributed by atoms with E-state index in [0.717, 1.165) is 12.8 Å². The molecule has 1 atom stereocenters. The Morgan fingerprint density at radius 3 is 2.62 bits per heavy atom. The van der Waals surface area contributed by atoms with Crippen LogP contribution in [-0.2, 0) is 11.3 Å². The Hall–Kier alpha value is -2.77.